The van der Waals surface area contributed by atoms with Gasteiger partial charge in [-0.2, -0.15) is 0 Å². The second-order valence-electron chi connectivity index (χ2n) is 8.85. The average Bonchev–Trinajstić information content (AvgIpc) is 2.85. The molecule has 1 saturated carbocycles. The Kier molecular flexibility index (Phi) is 5.63. The number of hydrogen-bond donors (Lipinski definition) is 0. The largest absolute Gasteiger partial charge is 0.333 e. The van der Waals surface area contributed by atoms with Crippen LogP contribution in [0.25, 0.3) is 0 Å². The van der Waals surface area contributed by atoms with Gasteiger partial charge in [0.15, 0.2) is 0 Å². The van der Waals surface area contributed by atoms with Gasteiger partial charge in [-0.1, -0.05) is 49.6 Å². The number of carbonyl (C=O) groups excluding carboxylic acids is 1. The van der Waals surface area contributed by atoms with Crippen molar-refractivity contribution in [3.63, 3.8) is 0 Å². The lowest BCUT2D eigenvalue weighted by molar-refractivity contribution is -0.132. The van der Waals surface area contributed by atoms with Gasteiger partial charge in [0.05, 0.1) is 0 Å². The lowest BCUT2D eigenvalue weighted by Gasteiger charge is -2.38. The highest BCUT2D eigenvalue weighted by Crippen LogP contribution is 2.40. The minimum Gasteiger partial charge on any atom is -0.333 e. The van der Waals surface area contributed by atoms with Gasteiger partial charge in [-0.3, -0.25) is 4.79 Å². The average molecular weight is 355 g/mol. The van der Waals surface area contributed by atoms with E-state index in [9.17, 15) is 4.79 Å². The van der Waals surface area contributed by atoms with Crippen LogP contribution in [-0.2, 0) is 11.3 Å². The highest BCUT2D eigenvalue weighted by molar-refractivity contribution is 5.79. The van der Waals surface area contributed by atoms with Crippen LogP contribution in [0.4, 0.5) is 0 Å². The third-order valence-corrected chi connectivity index (χ3v) is 7.11. The van der Waals surface area contributed by atoms with E-state index in [1.54, 1.807) is 0 Å². The van der Waals surface area contributed by atoms with Crippen LogP contribution in [0.1, 0.15) is 69.8 Å². The summed E-state index contributed by atoms with van der Waals surface area (Å²) in [4.78, 5) is 17.6. The Morgan fingerprint density at radius 3 is 2.54 bits per heavy atom. The topological polar surface area (TPSA) is 23.6 Å². The first-order valence-corrected chi connectivity index (χ1v) is 10.8. The van der Waals surface area contributed by atoms with E-state index in [0.717, 1.165) is 31.7 Å². The van der Waals surface area contributed by atoms with Crippen molar-refractivity contribution in [1.82, 2.24) is 9.80 Å². The number of hydrogen-bond acceptors (Lipinski definition) is 2. The Morgan fingerprint density at radius 2 is 1.73 bits per heavy atom. The maximum absolute atomic E-state index is 12.7. The molecule has 3 fully saturated rings. The minimum absolute atomic E-state index is 0.119. The fourth-order valence-electron chi connectivity index (χ4n) is 5.57. The molecule has 1 aliphatic carbocycles. The number of nitrogens with zero attached hydrogens (tertiary/aromatic N) is 2. The molecule has 0 bridgehead atoms. The van der Waals surface area contributed by atoms with Crippen LogP contribution in [0.2, 0.25) is 0 Å². The van der Waals surface area contributed by atoms with Crippen molar-refractivity contribution >= 4 is 5.91 Å². The number of benzene rings is 1. The molecule has 3 aliphatic rings. The lowest BCUT2D eigenvalue weighted by atomic mass is 9.87. The lowest BCUT2D eigenvalue weighted by Crippen LogP contribution is -2.46. The highest BCUT2D eigenvalue weighted by atomic mass is 16.2. The van der Waals surface area contributed by atoms with Gasteiger partial charge in [0.25, 0.3) is 0 Å². The third-order valence-electron chi connectivity index (χ3n) is 7.11. The molecule has 0 aromatic heterocycles. The second kappa shape index (κ2) is 8.12. The van der Waals surface area contributed by atoms with Crippen LogP contribution in [-0.4, -0.2) is 40.9 Å². The Hall–Kier alpha value is -1.35. The Balaban J connectivity index is 1.41. The molecule has 142 valence electrons. The van der Waals surface area contributed by atoms with E-state index in [2.05, 4.69) is 40.1 Å². The molecule has 1 spiro atoms. The second-order valence-corrected chi connectivity index (χ2v) is 8.85. The molecule has 2 aliphatic heterocycles. The quantitative estimate of drug-likeness (QED) is 0.788. The molecule has 3 nitrogen and oxygen atoms in total. The molecule has 1 aromatic rings. The maximum atomic E-state index is 12.7. The first-order valence-electron chi connectivity index (χ1n) is 10.8. The fourth-order valence-corrected chi connectivity index (χ4v) is 5.57. The summed E-state index contributed by atoms with van der Waals surface area (Å²) in [6.07, 6.45) is 12.6. The Bertz CT molecular complexity index is 595. The number of likely N-dealkylation sites (tertiary alicyclic amines) is 2. The maximum Gasteiger partial charge on any atom is 0.223 e. The smallest absolute Gasteiger partial charge is 0.223 e. The Labute approximate surface area is 158 Å². The van der Waals surface area contributed by atoms with Crippen molar-refractivity contribution in [3.8, 4) is 0 Å². The summed E-state index contributed by atoms with van der Waals surface area (Å²) in [5.74, 6) is 1.29. The zero-order chi connectivity index (χ0) is 17.8. The van der Waals surface area contributed by atoms with Gasteiger partial charge in [0.1, 0.15) is 0 Å². The first kappa shape index (κ1) is 18.0. The molecule has 26 heavy (non-hydrogen) atoms. The molecule has 1 amide bonds. The van der Waals surface area contributed by atoms with Gasteiger partial charge in [0, 0.05) is 31.6 Å². The van der Waals surface area contributed by atoms with Crippen molar-refractivity contribution < 1.29 is 4.79 Å². The molecule has 0 radical (unpaired) electrons. The predicted molar refractivity (Wildman–Crippen MR) is 106 cm³/mol. The molecular weight excluding hydrogens is 320 g/mol. The summed E-state index contributed by atoms with van der Waals surface area (Å²) in [6, 6.07) is 10.5. The van der Waals surface area contributed by atoms with E-state index >= 15 is 0 Å². The van der Waals surface area contributed by atoms with Crippen LogP contribution in [0.15, 0.2) is 30.3 Å². The molecule has 1 aromatic carbocycles. The van der Waals surface area contributed by atoms with E-state index in [1.807, 2.05) is 0 Å². The van der Waals surface area contributed by atoms with E-state index in [-0.39, 0.29) is 5.54 Å². The van der Waals surface area contributed by atoms with Crippen molar-refractivity contribution in [1.29, 1.82) is 0 Å². The number of carbonyl (C=O) groups is 1. The highest BCUT2D eigenvalue weighted by Gasteiger charge is 2.45. The van der Waals surface area contributed by atoms with Crippen molar-refractivity contribution in [3.05, 3.63) is 35.9 Å². The summed E-state index contributed by atoms with van der Waals surface area (Å²) >= 11 is 0. The van der Waals surface area contributed by atoms with Gasteiger partial charge >= 0.3 is 0 Å². The van der Waals surface area contributed by atoms with Crippen LogP contribution >= 0.6 is 0 Å². The molecule has 3 heteroatoms. The predicted octanol–water partition coefficient (Wildman–Crippen LogP) is 4.61. The Morgan fingerprint density at radius 1 is 0.923 bits per heavy atom. The van der Waals surface area contributed by atoms with Crippen molar-refractivity contribution in [2.24, 2.45) is 5.92 Å². The zero-order valence-corrected chi connectivity index (χ0v) is 16.2. The first-order chi connectivity index (χ1) is 12.8. The minimum atomic E-state index is 0.119. The summed E-state index contributed by atoms with van der Waals surface area (Å²) in [6.45, 7) is 4.49. The fraction of sp³-hybridized carbons (Fsp3) is 0.696. The monoisotopic (exact) mass is 354 g/mol. The summed E-state index contributed by atoms with van der Waals surface area (Å²) in [5.41, 5.74) is 1.39. The summed E-state index contributed by atoms with van der Waals surface area (Å²) in [5, 5.41) is 0. The van der Waals surface area contributed by atoms with E-state index in [4.69, 9.17) is 0 Å². The van der Waals surface area contributed by atoms with Gasteiger partial charge in [-0.15, -0.1) is 0 Å². The van der Waals surface area contributed by atoms with Crippen LogP contribution in [0, 0.1) is 5.92 Å². The van der Waals surface area contributed by atoms with E-state index < -0.39 is 0 Å². The number of amides is 1. The van der Waals surface area contributed by atoms with Gasteiger partial charge in [-0.25, -0.2) is 0 Å². The van der Waals surface area contributed by atoms with Crippen molar-refractivity contribution in [2.75, 3.05) is 19.6 Å². The molecule has 2 heterocycles. The summed E-state index contributed by atoms with van der Waals surface area (Å²) < 4.78 is 0. The summed E-state index contributed by atoms with van der Waals surface area (Å²) in [7, 11) is 0. The standard InChI is InChI=1S/C23H34N2O/c26-22-12-14-23(25(22)19-21-10-5-2-6-11-21)13-7-16-24(17-15-23)18-20-8-3-1-4-9-20/h2,5-6,10-11,20H,1,3-4,7-9,12-19H2/t23-/m1/s1. The molecule has 0 N–H and O–H groups in total. The number of rotatable bonds is 4. The molecule has 2 saturated heterocycles. The molecule has 4 rings (SSSR count). The van der Waals surface area contributed by atoms with Crippen LogP contribution in [0.5, 0.6) is 0 Å². The molecule has 0 unspecified atom stereocenters. The normalized spacial score (nSPS) is 28.6. The zero-order valence-electron chi connectivity index (χ0n) is 16.2. The molecule has 1 atom stereocenters. The van der Waals surface area contributed by atoms with Crippen molar-refractivity contribution in [2.45, 2.75) is 76.3 Å². The molecular formula is C23H34N2O. The van der Waals surface area contributed by atoms with Crippen LogP contribution < -0.4 is 0 Å². The van der Waals surface area contributed by atoms with Crippen LogP contribution in [0.3, 0.4) is 0 Å². The SMILES string of the molecule is O=C1CC[C@@]2(CCCN(CC3CCCCC3)CC2)N1Cc1ccccc1. The third kappa shape index (κ3) is 3.98. The van der Waals surface area contributed by atoms with Gasteiger partial charge in [-0.05, 0) is 56.6 Å². The van der Waals surface area contributed by atoms with E-state index in [1.165, 1.54) is 70.1 Å². The van der Waals surface area contributed by atoms with Gasteiger partial charge in [0.2, 0.25) is 5.91 Å². The van der Waals surface area contributed by atoms with E-state index in [0.29, 0.717) is 5.91 Å². The van der Waals surface area contributed by atoms with Gasteiger partial charge < -0.3 is 9.80 Å².